The minimum absolute atomic E-state index is 0.445. The Labute approximate surface area is 115 Å². The van der Waals surface area contributed by atoms with Crippen molar-refractivity contribution in [3.05, 3.63) is 24.0 Å². The monoisotopic (exact) mass is 263 g/mol. The minimum Gasteiger partial charge on any atom is -0.375 e. The van der Waals surface area contributed by atoms with Gasteiger partial charge in [-0.15, -0.1) is 0 Å². The molecule has 0 amide bonds. The van der Waals surface area contributed by atoms with E-state index in [1.807, 2.05) is 0 Å². The summed E-state index contributed by atoms with van der Waals surface area (Å²) in [4.78, 5) is 5.17. The van der Waals surface area contributed by atoms with Gasteiger partial charge in [0.05, 0.1) is 12.7 Å². The molecule has 19 heavy (non-hydrogen) atoms. The first-order valence-electron chi connectivity index (χ1n) is 7.45. The summed E-state index contributed by atoms with van der Waals surface area (Å²) in [6.45, 7) is 8.77. The number of rotatable bonds is 3. The van der Waals surface area contributed by atoms with Crippen LogP contribution >= 0.6 is 0 Å². The van der Waals surface area contributed by atoms with Gasteiger partial charge in [-0.25, -0.2) is 0 Å². The normalized spacial score (nSPS) is 29.4. The van der Waals surface area contributed by atoms with Gasteiger partial charge in [-0.3, -0.25) is 4.90 Å². The molecule has 4 nitrogen and oxygen atoms in total. The van der Waals surface area contributed by atoms with Crippen molar-refractivity contribution in [1.82, 2.24) is 14.4 Å². The molecule has 3 heterocycles. The Bertz CT molecular complexity index is 417. The highest BCUT2D eigenvalue weighted by atomic mass is 16.5. The number of piperidine rings is 1. The molecule has 0 unspecified atom stereocenters. The van der Waals surface area contributed by atoms with E-state index in [0.29, 0.717) is 12.1 Å². The second-order valence-electron chi connectivity index (χ2n) is 5.81. The van der Waals surface area contributed by atoms with Crippen LogP contribution < -0.4 is 0 Å². The summed E-state index contributed by atoms with van der Waals surface area (Å²) in [7, 11) is 2.09. The second-order valence-corrected chi connectivity index (χ2v) is 5.81. The molecule has 3 rings (SSSR count). The molecule has 0 N–H and O–H groups in total. The Morgan fingerprint density at radius 2 is 2.26 bits per heavy atom. The van der Waals surface area contributed by atoms with Gasteiger partial charge < -0.3 is 14.2 Å². The molecule has 2 aliphatic rings. The van der Waals surface area contributed by atoms with Crippen molar-refractivity contribution >= 4 is 0 Å². The van der Waals surface area contributed by atoms with Crippen molar-refractivity contribution in [3.63, 3.8) is 0 Å². The standard InChI is InChI=1S/C15H25N3O/c1-3-17-7-5-15-14(12-17)18(8-9-19-15)11-13-4-6-16(2)10-13/h4,6,10,14-15H,3,5,7-9,11-12H2,1-2H3/t14-,15+/m0/s1. The quantitative estimate of drug-likeness (QED) is 0.820. The summed E-state index contributed by atoms with van der Waals surface area (Å²) in [5.41, 5.74) is 1.41. The fourth-order valence-electron chi connectivity index (χ4n) is 3.38. The number of likely N-dealkylation sites (N-methyl/N-ethyl adjacent to an activating group) is 1. The van der Waals surface area contributed by atoms with Gasteiger partial charge in [0.15, 0.2) is 0 Å². The summed E-state index contributed by atoms with van der Waals surface area (Å²) < 4.78 is 8.11. The highest BCUT2D eigenvalue weighted by molar-refractivity contribution is 5.10. The lowest BCUT2D eigenvalue weighted by Gasteiger charge is -2.47. The zero-order chi connectivity index (χ0) is 13.2. The maximum Gasteiger partial charge on any atom is 0.0755 e. The first-order chi connectivity index (χ1) is 9.26. The van der Waals surface area contributed by atoms with Crippen LogP contribution in [-0.4, -0.2) is 59.3 Å². The molecule has 1 aromatic rings. The van der Waals surface area contributed by atoms with Gasteiger partial charge in [-0.05, 0) is 24.6 Å². The second kappa shape index (κ2) is 5.65. The molecule has 106 valence electrons. The van der Waals surface area contributed by atoms with Crippen LogP contribution in [0.15, 0.2) is 18.5 Å². The zero-order valence-corrected chi connectivity index (χ0v) is 12.1. The van der Waals surface area contributed by atoms with E-state index in [0.717, 1.165) is 32.8 Å². The average molecular weight is 263 g/mol. The molecule has 0 aliphatic carbocycles. The Kier molecular flexibility index (Phi) is 3.91. The van der Waals surface area contributed by atoms with E-state index < -0.39 is 0 Å². The molecule has 1 aromatic heterocycles. The molecule has 2 atom stereocenters. The molecule has 0 aromatic carbocycles. The maximum absolute atomic E-state index is 5.97. The number of hydrogen-bond acceptors (Lipinski definition) is 3. The Hall–Kier alpha value is -0.840. The van der Waals surface area contributed by atoms with Crippen molar-refractivity contribution in [2.45, 2.75) is 32.0 Å². The van der Waals surface area contributed by atoms with Gasteiger partial charge in [0, 0.05) is 51.7 Å². The van der Waals surface area contributed by atoms with E-state index in [2.05, 4.69) is 46.8 Å². The van der Waals surface area contributed by atoms with E-state index >= 15 is 0 Å². The Balaban J connectivity index is 1.69. The highest BCUT2D eigenvalue weighted by Gasteiger charge is 2.36. The molecule has 2 saturated heterocycles. The molecule has 2 fully saturated rings. The van der Waals surface area contributed by atoms with Crippen LogP contribution in [0.2, 0.25) is 0 Å². The van der Waals surface area contributed by atoms with Gasteiger partial charge in [0.1, 0.15) is 0 Å². The molecule has 0 saturated carbocycles. The Morgan fingerprint density at radius 1 is 1.37 bits per heavy atom. The first kappa shape index (κ1) is 13.2. The lowest BCUT2D eigenvalue weighted by molar-refractivity contribution is -0.105. The molecule has 2 aliphatic heterocycles. The van der Waals surface area contributed by atoms with Crippen LogP contribution in [-0.2, 0) is 18.3 Å². The van der Waals surface area contributed by atoms with E-state index in [-0.39, 0.29) is 0 Å². The van der Waals surface area contributed by atoms with Crippen molar-refractivity contribution in [1.29, 1.82) is 0 Å². The van der Waals surface area contributed by atoms with E-state index in [9.17, 15) is 0 Å². The summed E-state index contributed by atoms with van der Waals surface area (Å²) >= 11 is 0. The third-order valence-electron chi connectivity index (χ3n) is 4.51. The fourth-order valence-corrected chi connectivity index (χ4v) is 3.38. The SMILES string of the molecule is CCN1CC[C@H]2OCCN(Cc3ccn(C)c3)[C@H]2C1. The number of ether oxygens (including phenoxy) is 1. The molecular formula is C15H25N3O. The van der Waals surface area contributed by atoms with Crippen molar-refractivity contribution < 1.29 is 4.74 Å². The van der Waals surface area contributed by atoms with Crippen LogP contribution in [0.25, 0.3) is 0 Å². The highest BCUT2D eigenvalue weighted by Crippen LogP contribution is 2.24. The maximum atomic E-state index is 5.97. The van der Waals surface area contributed by atoms with Gasteiger partial charge in [-0.1, -0.05) is 6.92 Å². The van der Waals surface area contributed by atoms with E-state index in [1.54, 1.807) is 0 Å². The van der Waals surface area contributed by atoms with Gasteiger partial charge in [-0.2, -0.15) is 0 Å². The number of aryl methyl sites for hydroxylation is 1. The predicted molar refractivity (Wildman–Crippen MR) is 76.1 cm³/mol. The molecule has 0 radical (unpaired) electrons. The van der Waals surface area contributed by atoms with Crippen LogP contribution in [0.1, 0.15) is 18.9 Å². The predicted octanol–water partition coefficient (Wildman–Crippen LogP) is 1.32. The van der Waals surface area contributed by atoms with E-state index in [1.165, 1.54) is 18.5 Å². The summed E-state index contributed by atoms with van der Waals surface area (Å²) in [6, 6.07) is 2.80. The number of morpholine rings is 1. The van der Waals surface area contributed by atoms with E-state index in [4.69, 9.17) is 4.74 Å². The largest absolute Gasteiger partial charge is 0.375 e. The number of hydrogen-bond donors (Lipinski definition) is 0. The van der Waals surface area contributed by atoms with Gasteiger partial charge in [0.2, 0.25) is 0 Å². The third kappa shape index (κ3) is 2.86. The summed E-state index contributed by atoms with van der Waals surface area (Å²) in [6.07, 6.45) is 5.99. The Morgan fingerprint density at radius 3 is 3.00 bits per heavy atom. The summed E-state index contributed by atoms with van der Waals surface area (Å²) in [5.74, 6) is 0. The molecule has 4 heteroatoms. The van der Waals surface area contributed by atoms with Crippen molar-refractivity contribution in [2.75, 3.05) is 32.8 Å². The number of aromatic nitrogens is 1. The first-order valence-corrected chi connectivity index (χ1v) is 7.45. The lowest BCUT2D eigenvalue weighted by atomic mass is 9.98. The number of fused-ring (bicyclic) bond motifs is 1. The lowest BCUT2D eigenvalue weighted by Crippen LogP contribution is -2.59. The topological polar surface area (TPSA) is 20.6 Å². The minimum atomic E-state index is 0.445. The van der Waals surface area contributed by atoms with Crippen LogP contribution in [0, 0.1) is 0 Å². The van der Waals surface area contributed by atoms with Crippen LogP contribution in [0.4, 0.5) is 0 Å². The van der Waals surface area contributed by atoms with Crippen LogP contribution in [0.5, 0.6) is 0 Å². The number of likely N-dealkylation sites (tertiary alicyclic amines) is 1. The molecule has 0 bridgehead atoms. The van der Waals surface area contributed by atoms with Crippen LogP contribution in [0.3, 0.4) is 0 Å². The van der Waals surface area contributed by atoms with Crippen molar-refractivity contribution in [3.8, 4) is 0 Å². The van der Waals surface area contributed by atoms with Crippen molar-refractivity contribution in [2.24, 2.45) is 7.05 Å². The summed E-state index contributed by atoms with van der Waals surface area (Å²) in [5, 5.41) is 0. The fraction of sp³-hybridized carbons (Fsp3) is 0.733. The zero-order valence-electron chi connectivity index (χ0n) is 12.1. The molecular weight excluding hydrogens is 238 g/mol. The smallest absolute Gasteiger partial charge is 0.0755 e. The molecule has 0 spiro atoms. The van der Waals surface area contributed by atoms with Gasteiger partial charge >= 0.3 is 0 Å². The number of nitrogens with zero attached hydrogens (tertiary/aromatic N) is 3. The third-order valence-corrected chi connectivity index (χ3v) is 4.51. The van der Waals surface area contributed by atoms with Gasteiger partial charge in [0.25, 0.3) is 0 Å². The average Bonchev–Trinajstić information content (AvgIpc) is 2.84.